The van der Waals surface area contributed by atoms with E-state index in [4.69, 9.17) is 0 Å². The summed E-state index contributed by atoms with van der Waals surface area (Å²) in [6, 6.07) is 3.45. The van der Waals surface area contributed by atoms with Crippen molar-refractivity contribution in [2.24, 2.45) is 5.92 Å². The maximum Gasteiger partial charge on any atom is 0.231 e. The molecule has 0 spiro atoms. The van der Waals surface area contributed by atoms with Crippen LogP contribution in [0.25, 0.3) is 5.57 Å². The Morgan fingerprint density at radius 1 is 1.15 bits per heavy atom. The number of rotatable bonds is 10. The summed E-state index contributed by atoms with van der Waals surface area (Å²) in [6.45, 7) is 7.67. The van der Waals surface area contributed by atoms with Crippen molar-refractivity contribution < 1.29 is 14.0 Å². The fraction of sp³-hybridized carbons (Fsp3) is 0.346. The number of pyridine rings is 1. The number of hydrogen-bond acceptors (Lipinski definition) is 6. The summed E-state index contributed by atoms with van der Waals surface area (Å²) in [5.41, 5.74) is 4.26. The second-order valence-electron chi connectivity index (χ2n) is 8.05. The van der Waals surface area contributed by atoms with Crippen LogP contribution in [0.1, 0.15) is 61.8 Å². The van der Waals surface area contributed by atoms with Crippen molar-refractivity contribution in [1.82, 2.24) is 15.0 Å². The summed E-state index contributed by atoms with van der Waals surface area (Å²) in [6.07, 6.45) is 11.1. The van der Waals surface area contributed by atoms with E-state index >= 15 is 0 Å². The van der Waals surface area contributed by atoms with E-state index in [-0.39, 0.29) is 18.1 Å². The van der Waals surface area contributed by atoms with Crippen LogP contribution in [-0.4, -0.2) is 32.8 Å². The molecule has 0 radical (unpaired) electrons. The van der Waals surface area contributed by atoms with Gasteiger partial charge in [0.1, 0.15) is 24.0 Å². The lowest BCUT2D eigenvalue weighted by atomic mass is 10.0. The molecule has 0 bridgehead atoms. The van der Waals surface area contributed by atoms with E-state index in [2.05, 4.69) is 25.6 Å². The number of nitrogens with zero attached hydrogens (tertiary/aromatic N) is 3. The molecule has 1 amide bonds. The lowest BCUT2D eigenvalue weighted by Gasteiger charge is -2.17. The first-order chi connectivity index (χ1) is 16.4. The first-order valence-electron chi connectivity index (χ1n) is 11.5. The van der Waals surface area contributed by atoms with Gasteiger partial charge in [0.25, 0.3) is 0 Å². The van der Waals surface area contributed by atoms with Crippen LogP contribution >= 0.6 is 0 Å². The van der Waals surface area contributed by atoms with Gasteiger partial charge in [0.15, 0.2) is 5.78 Å². The Bertz CT molecular complexity index is 1160. The molecule has 1 aliphatic carbocycles. The molecular formula is C26H30FN5O2. The number of aromatic nitrogens is 3. The van der Waals surface area contributed by atoms with Crippen LogP contribution in [0.5, 0.6) is 0 Å². The zero-order valence-electron chi connectivity index (χ0n) is 19.9. The largest absolute Gasteiger partial charge is 0.354 e. The summed E-state index contributed by atoms with van der Waals surface area (Å²) in [5, 5.41) is 6.10. The highest BCUT2D eigenvalue weighted by molar-refractivity contribution is 5.95. The number of carbonyl (C=O) groups excluding carboxylic acids is 2. The standard InChI is InChI=1S/C26H30FN5O2/c1-5-8-10-20(31-23-14-28-22(11-16(23)4)24(33)7-3)17(9-6-2)21-13-25(30-15-29-21)32-26(34)18-12-19(18)27/h5,8-11,13-15,18-19,31H,6-7,12H2,1-4H3,(H,29,30,32,34)/b8-5-,17-9-,20-10+. The highest BCUT2D eigenvalue weighted by Gasteiger charge is 2.43. The van der Waals surface area contributed by atoms with E-state index in [1.165, 1.54) is 6.33 Å². The Balaban J connectivity index is 1.92. The monoisotopic (exact) mass is 463 g/mol. The van der Waals surface area contributed by atoms with Gasteiger partial charge in [0, 0.05) is 23.8 Å². The molecule has 2 aromatic heterocycles. The SMILES string of the molecule is C\C=C/C=C(Nc1cnc(C(=O)CC)cc1C)\C(=C\CC)c1cc(NC(=O)C2CC2F)ncn1. The molecule has 2 heterocycles. The minimum atomic E-state index is -1.08. The van der Waals surface area contributed by atoms with Crippen molar-refractivity contribution in [3.8, 4) is 0 Å². The molecule has 178 valence electrons. The van der Waals surface area contributed by atoms with Gasteiger partial charge in [-0.25, -0.2) is 14.4 Å². The van der Waals surface area contributed by atoms with E-state index in [0.717, 1.165) is 28.9 Å². The molecule has 7 nitrogen and oxygen atoms in total. The fourth-order valence-electron chi connectivity index (χ4n) is 3.34. The summed E-state index contributed by atoms with van der Waals surface area (Å²) in [7, 11) is 0. The van der Waals surface area contributed by atoms with Crippen molar-refractivity contribution >= 4 is 28.8 Å². The van der Waals surface area contributed by atoms with Crippen LogP contribution in [0.2, 0.25) is 0 Å². The predicted octanol–water partition coefficient (Wildman–Crippen LogP) is 5.43. The number of aryl methyl sites for hydroxylation is 1. The molecule has 0 aliphatic heterocycles. The number of amides is 1. The van der Waals surface area contributed by atoms with E-state index in [1.54, 1.807) is 18.3 Å². The Labute approximate surface area is 199 Å². The van der Waals surface area contributed by atoms with Crippen LogP contribution < -0.4 is 10.6 Å². The van der Waals surface area contributed by atoms with Gasteiger partial charge in [-0.1, -0.05) is 32.1 Å². The zero-order chi connectivity index (χ0) is 24.7. The van der Waals surface area contributed by atoms with Crippen molar-refractivity contribution in [2.75, 3.05) is 10.6 Å². The number of halogens is 1. The predicted molar refractivity (Wildman–Crippen MR) is 132 cm³/mol. The number of ketones is 1. The fourth-order valence-corrected chi connectivity index (χ4v) is 3.34. The quantitative estimate of drug-likeness (QED) is 0.360. The summed E-state index contributed by atoms with van der Waals surface area (Å²) >= 11 is 0. The molecule has 0 aromatic carbocycles. The van der Waals surface area contributed by atoms with Crippen LogP contribution in [-0.2, 0) is 4.79 Å². The molecule has 34 heavy (non-hydrogen) atoms. The van der Waals surface area contributed by atoms with Crippen LogP contribution in [0.4, 0.5) is 15.9 Å². The number of hydrogen-bond donors (Lipinski definition) is 2. The molecule has 3 rings (SSSR count). The minimum absolute atomic E-state index is 0.00765. The minimum Gasteiger partial charge on any atom is -0.354 e. The van der Waals surface area contributed by atoms with Gasteiger partial charge >= 0.3 is 0 Å². The molecule has 0 saturated heterocycles. The Morgan fingerprint density at radius 3 is 2.53 bits per heavy atom. The Hall–Kier alpha value is -3.68. The van der Waals surface area contributed by atoms with Crippen molar-refractivity contribution in [3.63, 3.8) is 0 Å². The first-order valence-corrected chi connectivity index (χ1v) is 11.5. The number of nitrogens with one attached hydrogen (secondary N) is 2. The summed E-state index contributed by atoms with van der Waals surface area (Å²) in [5.74, 6) is -0.660. The van der Waals surface area contributed by atoms with Gasteiger partial charge < -0.3 is 10.6 Å². The topological polar surface area (TPSA) is 96.9 Å². The smallest absolute Gasteiger partial charge is 0.231 e. The first kappa shape index (κ1) is 25.0. The van der Waals surface area contributed by atoms with Crippen molar-refractivity contribution in [3.05, 3.63) is 71.6 Å². The molecule has 2 N–H and O–H groups in total. The average Bonchev–Trinajstić information content (AvgIpc) is 3.57. The number of Topliss-reactive ketones (excluding diaryl/α,β-unsaturated/α-hetero) is 1. The van der Waals surface area contributed by atoms with Crippen LogP contribution in [0.15, 0.2) is 54.7 Å². The van der Waals surface area contributed by atoms with Gasteiger partial charge in [-0.3, -0.25) is 14.6 Å². The molecule has 1 saturated carbocycles. The van der Waals surface area contributed by atoms with Gasteiger partial charge in [-0.2, -0.15) is 0 Å². The maximum atomic E-state index is 13.2. The van der Waals surface area contributed by atoms with Gasteiger partial charge in [0.05, 0.1) is 23.5 Å². The van der Waals surface area contributed by atoms with Gasteiger partial charge in [0.2, 0.25) is 5.91 Å². The molecule has 8 heteroatoms. The second-order valence-corrected chi connectivity index (χ2v) is 8.05. The van der Waals surface area contributed by atoms with E-state index < -0.39 is 12.1 Å². The van der Waals surface area contributed by atoms with Crippen molar-refractivity contribution in [1.29, 1.82) is 0 Å². The van der Waals surface area contributed by atoms with E-state index in [1.807, 2.05) is 52.0 Å². The summed E-state index contributed by atoms with van der Waals surface area (Å²) < 4.78 is 13.2. The third-order valence-corrected chi connectivity index (χ3v) is 5.38. The van der Waals surface area contributed by atoms with Crippen LogP contribution in [0, 0.1) is 12.8 Å². The molecule has 2 unspecified atom stereocenters. The van der Waals surface area contributed by atoms with Gasteiger partial charge in [-0.05, 0) is 44.4 Å². The average molecular weight is 464 g/mol. The lowest BCUT2D eigenvalue weighted by Crippen LogP contribution is -2.16. The molecule has 1 fully saturated rings. The normalized spacial score (nSPS) is 18.1. The maximum absolute atomic E-state index is 13.2. The molecular weight excluding hydrogens is 433 g/mol. The number of allylic oxidation sites excluding steroid dienone is 5. The number of carbonyl (C=O) groups is 2. The van der Waals surface area contributed by atoms with E-state index in [0.29, 0.717) is 23.6 Å². The zero-order valence-corrected chi connectivity index (χ0v) is 19.9. The van der Waals surface area contributed by atoms with Crippen LogP contribution in [0.3, 0.4) is 0 Å². The number of alkyl halides is 1. The van der Waals surface area contributed by atoms with E-state index in [9.17, 15) is 14.0 Å². The van der Waals surface area contributed by atoms with Gasteiger partial charge in [-0.15, -0.1) is 0 Å². The van der Waals surface area contributed by atoms with Crippen molar-refractivity contribution in [2.45, 2.75) is 53.1 Å². The molecule has 2 aromatic rings. The highest BCUT2D eigenvalue weighted by atomic mass is 19.1. The lowest BCUT2D eigenvalue weighted by molar-refractivity contribution is -0.117. The Morgan fingerprint density at radius 2 is 1.91 bits per heavy atom. The molecule has 1 aliphatic rings. The Kier molecular flexibility index (Phi) is 8.40. The summed E-state index contributed by atoms with van der Waals surface area (Å²) in [4.78, 5) is 37.0. The third-order valence-electron chi connectivity index (χ3n) is 5.38. The molecule has 2 atom stereocenters. The number of anilines is 2. The highest BCUT2D eigenvalue weighted by Crippen LogP contribution is 2.34. The second kappa shape index (κ2) is 11.4. The third kappa shape index (κ3) is 6.21.